The van der Waals surface area contributed by atoms with Gasteiger partial charge in [-0.05, 0) is 24.7 Å². The van der Waals surface area contributed by atoms with Gasteiger partial charge in [-0.25, -0.2) is 0 Å². The molecule has 1 heterocycles. The van der Waals surface area contributed by atoms with Gasteiger partial charge in [0.05, 0.1) is 0 Å². The predicted octanol–water partition coefficient (Wildman–Crippen LogP) is 1.92. The maximum absolute atomic E-state index is 9.44. The van der Waals surface area contributed by atoms with Gasteiger partial charge in [0, 0.05) is 0 Å². The summed E-state index contributed by atoms with van der Waals surface area (Å²) in [6.07, 6.45) is 4.37. The summed E-state index contributed by atoms with van der Waals surface area (Å²) in [7, 11) is 0. The lowest BCUT2D eigenvalue weighted by Gasteiger charge is -2.31. The van der Waals surface area contributed by atoms with Crippen molar-refractivity contribution in [3.05, 3.63) is 0 Å². The first-order chi connectivity index (χ1) is 5.67. The Morgan fingerprint density at radius 1 is 1.42 bits per heavy atom. The first kappa shape index (κ1) is 8.52. The van der Waals surface area contributed by atoms with Gasteiger partial charge >= 0.3 is 0 Å². The second kappa shape index (κ2) is 2.71. The Hall–Kier alpha value is -0.0800. The van der Waals surface area contributed by atoms with E-state index in [4.69, 9.17) is 4.74 Å². The Balaban J connectivity index is 2.09. The van der Waals surface area contributed by atoms with Gasteiger partial charge in [-0.3, -0.25) is 0 Å². The maximum Gasteiger partial charge on any atom is 0.185 e. The number of aliphatic hydroxyl groups excluding tert-OH is 1. The molecule has 1 spiro atoms. The molecule has 0 aromatic rings. The number of aliphatic hydroxyl groups is 1. The monoisotopic (exact) mass is 170 g/mol. The maximum atomic E-state index is 9.44. The number of rotatable bonds is 1. The Bertz CT molecular complexity index is 179. The second-order valence-corrected chi connectivity index (χ2v) is 4.52. The third-order valence-corrected chi connectivity index (χ3v) is 3.46. The molecule has 0 bridgehead atoms. The fourth-order valence-electron chi connectivity index (χ4n) is 2.72. The van der Waals surface area contributed by atoms with Crippen LogP contribution in [0.15, 0.2) is 0 Å². The Labute approximate surface area is 73.9 Å². The average Bonchev–Trinajstić information content (AvgIpc) is 2.62. The van der Waals surface area contributed by atoms with Crippen molar-refractivity contribution in [3.63, 3.8) is 0 Å². The van der Waals surface area contributed by atoms with E-state index in [-0.39, 0.29) is 5.60 Å². The third-order valence-electron chi connectivity index (χ3n) is 3.46. The van der Waals surface area contributed by atoms with Crippen LogP contribution in [0.3, 0.4) is 0 Å². The molecule has 2 heteroatoms. The fraction of sp³-hybridized carbons (Fsp3) is 1.00. The second-order valence-electron chi connectivity index (χ2n) is 4.52. The van der Waals surface area contributed by atoms with Crippen LogP contribution in [0.25, 0.3) is 0 Å². The first-order valence-electron chi connectivity index (χ1n) is 5.03. The molecule has 70 valence electrons. The van der Waals surface area contributed by atoms with Gasteiger partial charge in [0.25, 0.3) is 0 Å². The summed E-state index contributed by atoms with van der Waals surface area (Å²) in [5.74, 6) is 1.23. The summed E-state index contributed by atoms with van der Waals surface area (Å²) in [4.78, 5) is 0. The van der Waals surface area contributed by atoms with E-state index in [1.54, 1.807) is 0 Å². The summed E-state index contributed by atoms with van der Waals surface area (Å²) < 4.78 is 5.37. The van der Waals surface area contributed by atoms with Crippen molar-refractivity contribution in [1.29, 1.82) is 0 Å². The standard InChI is InChI=1S/C10H18O2/c1-7(2)8-5-3-4-6-10(8)9(11)12-10/h7-9,11H,3-6H2,1-2H3. The van der Waals surface area contributed by atoms with Crippen molar-refractivity contribution in [2.75, 3.05) is 0 Å². The van der Waals surface area contributed by atoms with Gasteiger partial charge in [0.15, 0.2) is 6.29 Å². The Morgan fingerprint density at radius 2 is 2.08 bits per heavy atom. The molecule has 12 heavy (non-hydrogen) atoms. The highest BCUT2D eigenvalue weighted by Crippen LogP contribution is 2.52. The van der Waals surface area contributed by atoms with Crippen molar-refractivity contribution in [2.24, 2.45) is 11.8 Å². The first-order valence-corrected chi connectivity index (χ1v) is 5.03. The molecule has 2 aliphatic rings. The van der Waals surface area contributed by atoms with Crippen molar-refractivity contribution >= 4 is 0 Å². The van der Waals surface area contributed by atoms with Crippen molar-refractivity contribution in [1.82, 2.24) is 0 Å². The molecule has 1 aliphatic carbocycles. The predicted molar refractivity (Wildman–Crippen MR) is 46.6 cm³/mol. The molecule has 2 rings (SSSR count). The van der Waals surface area contributed by atoms with E-state index in [0.717, 1.165) is 6.42 Å². The van der Waals surface area contributed by atoms with Crippen LogP contribution in [-0.4, -0.2) is 17.0 Å². The minimum Gasteiger partial charge on any atom is -0.366 e. The normalized spacial score (nSPS) is 47.0. The van der Waals surface area contributed by atoms with Gasteiger partial charge in [-0.15, -0.1) is 0 Å². The molecule has 2 nitrogen and oxygen atoms in total. The van der Waals surface area contributed by atoms with Crippen LogP contribution in [0, 0.1) is 11.8 Å². The fourth-order valence-corrected chi connectivity index (χ4v) is 2.72. The molecule has 3 unspecified atom stereocenters. The molecular weight excluding hydrogens is 152 g/mol. The number of hydrogen-bond donors (Lipinski definition) is 1. The highest BCUT2D eigenvalue weighted by Gasteiger charge is 2.61. The smallest absolute Gasteiger partial charge is 0.185 e. The quantitative estimate of drug-likeness (QED) is 0.610. The Morgan fingerprint density at radius 3 is 2.50 bits per heavy atom. The summed E-state index contributed by atoms with van der Waals surface area (Å²) in [6, 6.07) is 0. The topological polar surface area (TPSA) is 32.8 Å². The van der Waals surface area contributed by atoms with E-state index in [9.17, 15) is 5.11 Å². The average molecular weight is 170 g/mol. The summed E-state index contributed by atoms with van der Waals surface area (Å²) >= 11 is 0. The highest BCUT2D eigenvalue weighted by molar-refractivity contribution is 5.04. The molecule has 1 N–H and O–H groups in total. The van der Waals surface area contributed by atoms with Gasteiger partial charge in [-0.1, -0.05) is 26.7 Å². The van der Waals surface area contributed by atoms with Crippen LogP contribution in [0.2, 0.25) is 0 Å². The van der Waals surface area contributed by atoms with Crippen LogP contribution in [-0.2, 0) is 4.74 Å². The van der Waals surface area contributed by atoms with E-state index in [1.165, 1.54) is 19.3 Å². The molecular formula is C10H18O2. The zero-order valence-electron chi connectivity index (χ0n) is 7.92. The van der Waals surface area contributed by atoms with Gasteiger partial charge in [0.2, 0.25) is 0 Å². The van der Waals surface area contributed by atoms with E-state index >= 15 is 0 Å². The minimum absolute atomic E-state index is 0.119. The molecule has 3 atom stereocenters. The largest absolute Gasteiger partial charge is 0.366 e. The van der Waals surface area contributed by atoms with E-state index in [1.807, 2.05) is 0 Å². The number of ether oxygens (including phenoxy) is 1. The lowest BCUT2D eigenvalue weighted by atomic mass is 9.73. The molecule has 2 fully saturated rings. The lowest BCUT2D eigenvalue weighted by Crippen LogP contribution is -2.34. The van der Waals surface area contributed by atoms with Crippen molar-refractivity contribution in [3.8, 4) is 0 Å². The minimum atomic E-state index is -0.454. The zero-order valence-corrected chi connectivity index (χ0v) is 7.92. The van der Waals surface area contributed by atoms with Gasteiger partial charge in [-0.2, -0.15) is 0 Å². The van der Waals surface area contributed by atoms with Crippen molar-refractivity contribution in [2.45, 2.75) is 51.4 Å². The van der Waals surface area contributed by atoms with E-state index < -0.39 is 6.29 Å². The lowest BCUT2D eigenvalue weighted by molar-refractivity contribution is 0.120. The molecule has 0 radical (unpaired) electrons. The zero-order chi connectivity index (χ0) is 8.77. The molecule has 1 saturated heterocycles. The molecule has 1 saturated carbocycles. The Kier molecular flexibility index (Phi) is 1.92. The summed E-state index contributed by atoms with van der Waals surface area (Å²) in [5.41, 5.74) is -0.119. The highest BCUT2D eigenvalue weighted by atomic mass is 16.7. The van der Waals surface area contributed by atoms with Crippen LogP contribution in [0.4, 0.5) is 0 Å². The number of hydrogen-bond acceptors (Lipinski definition) is 2. The summed E-state index contributed by atoms with van der Waals surface area (Å²) in [6.45, 7) is 4.46. The molecule has 1 aliphatic heterocycles. The van der Waals surface area contributed by atoms with Gasteiger partial charge < -0.3 is 9.84 Å². The van der Waals surface area contributed by atoms with Gasteiger partial charge in [0.1, 0.15) is 5.60 Å². The van der Waals surface area contributed by atoms with E-state index in [0.29, 0.717) is 11.8 Å². The number of epoxide rings is 1. The summed E-state index contributed by atoms with van der Waals surface area (Å²) in [5, 5.41) is 9.44. The molecule has 0 aromatic heterocycles. The van der Waals surface area contributed by atoms with Crippen LogP contribution >= 0.6 is 0 Å². The molecule has 0 amide bonds. The molecule has 0 aromatic carbocycles. The van der Waals surface area contributed by atoms with Crippen molar-refractivity contribution < 1.29 is 9.84 Å². The third kappa shape index (κ3) is 1.09. The van der Waals surface area contributed by atoms with Crippen LogP contribution in [0.1, 0.15) is 39.5 Å². The van der Waals surface area contributed by atoms with Crippen LogP contribution < -0.4 is 0 Å². The SMILES string of the molecule is CC(C)C1CCCCC12OC2O. The van der Waals surface area contributed by atoms with E-state index in [2.05, 4.69) is 13.8 Å². The van der Waals surface area contributed by atoms with Crippen LogP contribution in [0.5, 0.6) is 0 Å².